The Kier molecular flexibility index (Phi) is 2.83. The number of aromatic nitrogens is 2. The normalized spacial score (nSPS) is 9.75. The van der Waals surface area contributed by atoms with Gasteiger partial charge in [-0.3, -0.25) is 0 Å². The predicted molar refractivity (Wildman–Crippen MR) is 58.6 cm³/mol. The number of nitriles is 1. The maximum Gasteiger partial charge on any atom is 0.257 e. The highest BCUT2D eigenvalue weighted by Gasteiger charge is 2.07. The summed E-state index contributed by atoms with van der Waals surface area (Å²) >= 11 is 0. The number of hydrogen-bond acceptors (Lipinski definition) is 5. The molecule has 1 aromatic carbocycles. The second kappa shape index (κ2) is 4.45. The van der Waals surface area contributed by atoms with Crippen LogP contribution in [0.5, 0.6) is 0 Å². The van der Waals surface area contributed by atoms with Crippen molar-refractivity contribution in [3.63, 3.8) is 0 Å². The summed E-state index contributed by atoms with van der Waals surface area (Å²) < 4.78 is 4.95. The second-order valence-electron chi connectivity index (χ2n) is 3.19. The van der Waals surface area contributed by atoms with E-state index < -0.39 is 0 Å². The van der Waals surface area contributed by atoms with Crippen LogP contribution in [0.1, 0.15) is 12.5 Å². The van der Waals surface area contributed by atoms with Gasteiger partial charge in [0.2, 0.25) is 0 Å². The van der Waals surface area contributed by atoms with E-state index in [-0.39, 0.29) is 0 Å². The van der Waals surface area contributed by atoms with Crippen LogP contribution < -0.4 is 5.32 Å². The molecule has 0 fully saturated rings. The Morgan fingerprint density at radius 2 is 2.31 bits per heavy atom. The molecule has 1 aromatic heterocycles. The first-order chi connectivity index (χ1) is 7.83. The Morgan fingerprint density at radius 1 is 1.44 bits per heavy atom. The fraction of sp³-hybridized carbons (Fsp3) is 0.182. The van der Waals surface area contributed by atoms with Crippen molar-refractivity contribution in [1.82, 2.24) is 10.1 Å². The monoisotopic (exact) mass is 214 g/mol. The summed E-state index contributed by atoms with van der Waals surface area (Å²) in [7, 11) is 0. The molecule has 0 aliphatic heterocycles. The van der Waals surface area contributed by atoms with Gasteiger partial charge in [0.15, 0.2) is 6.33 Å². The van der Waals surface area contributed by atoms with Crippen molar-refractivity contribution in [1.29, 1.82) is 5.26 Å². The minimum Gasteiger partial charge on any atom is -0.385 e. The molecule has 0 radical (unpaired) electrons. The largest absolute Gasteiger partial charge is 0.385 e. The minimum absolute atomic E-state index is 0.413. The van der Waals surface area contributed by atoms with E-state index in [4.69, 9.17) is 9.78 Å². The van der Waals surface area contributed by atoms with E-state index in [1.54, 1.807) is 12.1 Å². The van der Waals surface area contributed by atoms with Crippen LogP contribution in [0.15, 0.2) is 29.0 Å². The fourth-order valence-electron chi connectivity index (χ4n) is 1.42. The molecule has 5 nitrogen and oxygen atoms in total. The van der Waals surface area contributed by atoms with E-state index in [0.29, 0.717) is 11.5 Å². The molecule has 1 N–H and O–H groups in total. The molecule has 0 unspecified atom stereocenters. The molecule has 0 aliphatic rings. The third-order valence-corrected chi connectivity index (χ3v) is 2.05. The third kappa shape index (κ3) is 2.01. The lowest BCUT2D eigenvalue weighted by Gasteiger charge is -2.04. The number of nitrogens with one attached hydrogen (secondary N) is 1. The highest BCUT2D eigenvalue weighted by atomic mass is 16.5. The molecule has 0 saturated carbocycles. The number of rotatable bonds is 3. The van der Waals surface area contributed by atoms with E-state index in [1.807, 2.05) is 13.0 Å². The molecule has 2 aromatic rings. The number of benzene rings is 1. The van der Waals surface area contributed by atoms with E-state index in [0.717, 1.165) is 17.8 Å². The highest BCUT2D eigenvalue weighted by Crippen LogP contribution is 2.22. The lowest BCUT2D eigenvalue weighted by atomic mass is 10.1. The van der Waals surface area contributed by atoms with Crippen molar-refractivity contribution in [2.75, 3.05) is 11.9 Å². The zero-order valence-corrected chi connectivity index (χ0v) is 8.77. The van der Waals surface area contributed by atoms with Crippen molar-refractivity contribution in [3.8, 4) is 17.5 Å². The molecule has 0 saturated heterocycles. The van der Waals surface area contributed by atoms with Crippen molar-refractivity contribution in [2.24, 2.45) is 0 Å². The minimum atomic E-state index is 0.413. The zero-order valence-electron chi connectivity index (χ0n) is 8.77. The van der Waals surface area contributed by atoms with Gasteiger partial charge in [0.05, 0.1) is 11.6 Å². The Morgan fingerprint density at radius 3 is 2.94 bits per heavy atom. The smallest absolute Gasteiger partial charge is 0.257 e. The van der Waals surface area contributed by atoms with E-state index >= 15 is 0 Å². The first-order valence-electron chi connectivity index (χ1n) is 4.89. The average molecular weight is 214 g/mol. The van der Waals surface area contributed by atoms with Gasteiger partial charge in [-0.1, -0.05) is 5.16 Å². The van der Waals surface area contributed by atoms with Crippen molar-refractivity contribution in [3.05, 3.63) is 30.1 Å². The first kappa shape index (κ1) is 10.2. The molecule has 0 aliphatic carbocycles. The molecule has 16 heavy (non-hydrogen) atoms. The molecule has 0 amide bonds. The first-order valence-corrected chi connectivity index (χ1v) is 4.89. The van der Waals surface area contributed by atoms with Gasteiger partial charge in [-0.05, 0) is 25.1 Å². The van der Waals surface area contributed by atoms with E-state index in [9.17, 15) is 0 Å². The lowest BCUT2D eigenvalue weighted by molar-refractivity contribution is 0.430. The molecule has 0 bridgehead atoms. The second-order valence-corrected chi connectivity index (χ2v) is 3.19. The zero-order chi connectivity index (χ0) is 11.4. The average Bonchev–Trinajstić information content (AvgIpc) is 2.82. The van der Waals surface area contributed by atoms with Gasteiger partial charge in [0.1, 0.15) is 0 Å². The molecule has 80 valence electrons. The summed E-state index contributed by atoms with van der Waals surface area (Å²) in [5.41, 5.74) is 2.17. The van der Waals surface area contributed by atoms with Gasteiger partial charge in [-0.25, -0.2) is 0 Å². The lowest BCUT2D eigenvalue weighted by Crippen LogP contribution is -1.97. The summed E-state index contributed by atoms with van der Waals surface area (Å²) in [5.74, 6) is 0.413. The van der Waals surface area contributed by atoms with Gasteiger partial charge in [-0.15, -0.1) is 0 Å². The summed E-state index contributed by atoms with van der Waals surface area (Å²) in [6, 6.07) is 7.47. The van der Waals surface area contributed by atoms with E-state index in [2.05, 4.69) is 21.5 Å². The SMILES string of the molecule is CCNc1cc(C#N)cc(-c2ncno2)c1. The van der Waals surface area contributed by atoms with Crippen LogP contribution >= 0.6 is 0 Å². The topological polar surface area (TPSA) is 74.7 Å². The molecule has 5 heteroatoms. The van der Waals surface area contributed by atoms with Crippen molar-refractivity contribution >= 4 is 5.69 Å². The molecule has 2 rings (SSSR count). The summed E-state index contributed by atoms with van der Waals surface area (Å²) in [6.07, 6.45) is 1.33. The van der Waals surface area contributed by atoms with Gasteiger partial charge >= 0.3 is 0 Å². The summed E-state index contributed by atoms with van der Waals surface area (Å²) in [6.45, 7) is 2.78. The summed E-state index contributed by atoms with van der Waals surface area (Å²) in [4.78, 5) is 3.95. The van der Waals surface area contributed by atoms with Gasteiger partial charge in [-0.2, -0.15) is 10.2 Å². The Hall–Kier alpha value is -2.35. The van der Waals surface area contributed by atoms with Gasteiger partial charge in [0.25, 0.3) is 5.89 Å². The van der Waals surface area contributed by atoms with Crippen LogP contribution in [-0.2, 0) is 0 Å². The van der Waals surface area contributed by atoms with Crippen LogP contribution in [0.25, 0.3) is 11.5 Å². The number of anilines is 1. The molecule has 1 heterocycles. The highest BCUT2D eigenvalue weighted by molar-refractivity contribution is 5.64. The van der Waals surface area contributed by atoms with Gasteiger partial charge < -0.3 is 9.84 Å². The quantitative estimate of drug-likeness (QED) is 0.846. The number of hydrogen-bond donors (Lipinski definition) is 1. The van der Waals surface area contributed by atoms with Crippen LogP contribution in [0.4, 0.5) is 5.69 Å². The molecular formula is C11H10N4O. The van der Waals surface area contributed by atoms with Crippen LogP contribution in [0, 0.1) is 11.3 Å². The maximum absolute atomic E-state index is 8.91. The standard InChI is InChI=1S/C11H10N4O/c1-2-13-10-4-8(6-12)3-9(5-10)11-14-7-15-16-11/h3-5,7,13H,2H2,1H3. The third-order valence-electron chi connectivity index (χ3n) is 2.05. The fourth-order valence-corrected chi connectivity index (χ4v) is 1.42. The Labute approximate surface area is 92.7 Å². The molecular weight excluding hydrogens is 204 g/mol. The van der Waals surface area contributed by atoms with E-state index in [1.165, 1.54) is 6.33 Å². The van der Waals surface area contributed by atoms with Crippen molar-refractivity contribution in [2.45, 2.75) is 6.92 Å². The maximum atomic E-state index is 8.91. The van der Waals surface area contributed by atoms with Crippen LogP contribution in [0.3, 0.4) is 0 Å². The predicted octanol–water partition coefficient (Wildman–Crippen LogP) is 2.04. The molecule has 0 atom stereocenters. The Balaban J connectivity index is 2.46. The summed E-state index contributed by atoms with van der Waals surface area (Å²) in [5, 5.41) is 15.6. The van der Waals surface area contributed by atoms with Gasteiger partial charge in [0, 0.05) is 17.8 Å². The van der Waals surface area contributed by atoms with Crippen molar-refractivity contribution < 1.29 is 4.52 Å². The van der Waals surface area contributed by atoms with Crippen LogP contribution in [-0.4, -0.2) is 16.7 Å². The van der Waals surface area contributed by atoms with Crippen LogP contribution in [0.2, 0.25) is 0 Å². The Bertz CT molecular complexity index is 513. The molecule has 0 spiro atoms. The number of nitrogens with zero attached hydrogens (tertiary/aromatic N) is 3.